The molecule has 0 fully saturated rings. The first-order valence-corrected chi connectivity index (χ1v) is 17.5. The lowest BCUT2D eigenvalue weighted by Gasteiger charge is -2.34. The second-order valence-corrected chi connectivity index (χ2v) is 14.2. The minimum Gasteiger partial charge on any atom is -0.484 e. The van der Waals surface area contributed by atoms with Crippen molar-refractivity contribution in [2.75, 3.05) is 13.7 Å². The molecule has 4 atom stereocenters. The van der Waals surface area contributed by atoms with E-state index in [0.717, 1.165) is 27.5 Å². The van der Waals surface area contributed by atoms with E-state index in [1.807, 2.05) is 63.2 Å². The molecule has 4 aromatic rings. The molecule has 0 aliphatic carbocycles. The van der Waals surface area contributed by atoms with Gasteiger partial charge in [-0.05, 0) is 67.3 Å². The second-order valence-electron chi connectivity index (χ2n) is 12.6. The number of esters is 1. The summed E-state index contributed by atoms with van der Waals surface area (Å²) in [5.74, 6) is -0.733. The number of carbonyl (C=O) groups is 1. The number of aliphatic hydroxyl groups excluding tert-OH is 1. The number of carbonyl (C=O) groups excluding carboxylic acids is 1. The number of para-hydroxylation sites is 1. The van der Waals surface area contributed by atoms with Gasteiger partial charge in [0.25, 0.3) is 0 Å². The molecular weight excluding hydrogens is 686 g/mol. The fourth-order valence-electron chi connectivity index (χ4n) is 5.81. The smallest absolute Gasteiger partial charge is 0.484 e. The fourth-order valence-corrected chi connectivity index (χ4v) is 6.29. The number of ether oxygens (including phenoxy) is 2. The molecule has 9 nitrogen and oxygen atoms in total. The van der Waals surface area contributed by atoms with Gasteiger partial charge in [-0.15, -0.1) is 0 Å². The molecule has 0 aromatic heterocycles. The van der Waals surface area contributed by atoms with Crippen molar-refractivity contribution < 1.29 is 49.8 Å². The van der Waals surface area contributed by atoms with Crippen LogP contribution in [0.15, 0.2) is 84.9 Å². The number of benzene rings is 4. The molecule has 1 aliphatic heterocycles. The number of rotatable bonds is 13. The summed E-state index contributed by atoms with van der Waals surface area (Å²) in [5.41, 5.74) is -2.91. The van der Waals surface area contributed by atoms with Crippen molar-refractivity contribution in [1.82, 2.24) is 5.32 Å². The van der Waals surface area contributed by atoms with E-state index >= 15 is 0 Å². The van der Waals surface area contributed by atoms with Crippen molar-refractivity contribution in [2.45, 2.75) is 63.5 Å². The van der Waals surface area contributed by atoms with Gasteiger partial charge in [0, 0.05) is 25.1 Å². The average Bonchev–Trinajstić information content (AvgIpc) is 3.09. The summed E-state index contributed by atoms with van der Waals surface area (Å²) in [5, 5.41) is 16.1. The topological polar surface area (TPSA) is 120 Å². The third-order valence-corrected chi connectivity index (χ3v) is 9.91. The maximum absolute atomic E-state index is 13.1. The highest BCUT2D eigenvalue weighted by molar-refractivity contribution is 7.87. The zero-order valence-electron chi connectivity index (χ0n) is 28.7. The van der Waals surface area contributed by atoms with Crippen LogP contribution in [-0.4, -0.2) is 63.9 Å². The Morgan fingerprint density at radius 1 is 1.02 bits per heavy atom. The third-order valence-electron chi connectivity index (χ3n) is 8.95. The van der Waals surface area contributed by atoms with E-state index in [9.17, 15) is 31.5 Å². The van der Waals surface area contributed by atoms with Crippen LogP contribution in [0.5, 0.6) is 5.75 Å². The standard InChI is InChI=1S/C37H38BF3NO8S/c1-22-16-17-26(18-32(22)35(44)47-5)38-50-36(4,24(3)43)20-25-10-8-14-30-28(12-9-13-29(25)30)23(2)42-21-27-19-34(49-51(45,46)37(39,40)41)31-11-6-7-15-33(31)48-27/h6-19,23-24,27,42-43H,20-21H2,1-5H3/t23-,24?,27-,36?/m1/s1. The molecule has 51 heavy (non-hydrogen) atoms. The Hall–Kier alpha value is -4.37. The van der Waals surface area contributed by atoms with Crippen molar-refractivity contribution >= 4 is 45.6 Å². The summed E-state index contributed by atoms with van der Waals surface area (Å²) in [7, 11) is -3.05. The number of hydrogen-bond acceptors (Lipinski definition) is 9. The zero-order valence-corrected chi connectivity index (χ0v) is 29.5. The van der Waals surface area contributed by atoms with E-state index in [4.69, 9.17) is 14.1 Å². The van der Waals surface area contributed by atoms with Crippen molar-refractivity contribution in [3.05, 3.63) is 113 Å². The van der Waals surface area contributed by atoms with Crippen LogP contribution >= 0.6 is 0 Å². The number of methoxy groups -OCH3 is 1. The summed E-state index contributed by atoms with van der Waals surface area (Å²) in [6.07, 6.45) is -0.174. The molecular formula is C37H38BF3NO8S. The van der Waals surface area contributed by atoms with Gasteiger partial charge < -0.3 is 28.7 Å². The van der Waals surface area contributed by atoms with Crippen LogP contribution < -0.4 is 15.5 Å². The van der Waals surface area contributed by atoms with Crippen LogP contribution in [0.2, 0.25) is 0 Å². The summed E-state index contributed by atoms with van der Waals surface area (Å²) in [6, 6.07) is 22.8. The van der Waals surface area contributed by atoms with Gasteiger partial charge in [0.15, 0.2) is 5.76 Å². The van der Waals surface area contributed by atoms with Gasteiger partial charge >= 0.3 is 29.1 Å². The molecule has 0 saturated heterocycles. The largest absolute Gasteiger partial charge is 0.534 e. The second kappa shape index (κ2) is 15.1. The molecule has 0 bridgehead atoms. The Morgan fingerprint density at radius 2 is 1.73 bits per heavy atom. The molecule has 5 rings (SSSR count). The number of fused-ring (bicyclic) bond motifs is 2. The molecule has 2 unspecified atom stereocenters. The summed E-state index contributed by atoms with van der Waals surface area (Å²) < 4.78 is 84.7. The van der Waals surface area contributed by atoms with Crippen molar-refractivity contribution in [2.24, 2.45) is 0 Å². The number of alkyl halides is 3. The molecule has 0 spiro atoms. The van der Waals surface area contributed by atoms with Gasteiger partial charge in [-0.3, -0.25) is 0 Å². The Bertz CT molecular complexity index is 2050. The van der Waals surface area contributed by atoms with E-state index in [1.165, 1.54) is 38.9 Å². The number of aryl methyl sites for hydroxylation is 1. The monoisotopic (exact) mass is 724 g/mol. The normalized spacial score (nSPS) is 17.0. The van der Waals surface area contributed by atoms with Crippen LogP contribution in [0.1, 0.15) is 59.4 Å². The summed E-state index contributed by atoms with van der Waals surface area (Å²) in [6.45, 7) is 7.31. The van der Waals surface area contributed by atoms with Crippen LogP contribution in [0.25, 0.3) is 16.5 Å². The summed E-state index contributed by atoms with van der Waals surface area (Å²) in [4.78, 5) is 12.2. The van der Waals surface area contributed by atoms with Gasteiger partial charge in [0.2, 0.25) is 0 Å². The van der Waals surface area contributed by atoms with Gasteiger partial charge in [0.05, 0.1) is 29.9 Å². The molecule has 2 N–H and O–H groups in total. The highest BCUT2D eigenvalue weighted by atomic mass is 32.2. The predicted octanol–water partition coefficient (Wildman–Crippen LogP) is 5.90. The SMILES string of the molecule is COC(=O)c1cc([B]OC(C)(Cc2cccc3c([C@@H](C)NC[C@H]4C=C(OS(=O)(=O)C(F)(F)F)c5ccccc5O4)cccc23)C(C)O)ccc1C. The van der Waals surface area contributed by atoms with E-state index in [2.05, 4.69) is 9.50 Å². The van der Waals surface area contributed by atoms with Crippen molar-refractivity contribution in [1.29, 1.82) is 0 Å². The zero-order chi connectivity index (χ0) is 37.1. The van der Waals surface area contributed by atoms with E-state index < -0.39 is 45.2 Å². The minimum atomic E-state index is -5.90. The lowest BCUT2D eigenvalue weighted by molar-refractivity contribution is -0.0510. The molecule has 1 radical (unpaired) electrons. The van der Waals surface area contributed by atoms with Crippen LogP contribution in [-0.2, 0) is 30.1 Å². The predicted molar refractivity (Wildman–Crippen MR) is 188 cm³/mol. The van der Waals surface area contributed by atoms with Gasteiger partial charge in [0.1, 0.15) is 11.9 Å². The van der Waals surface area contributed by atoms with Crippen molar-refractivity contribution in [3.8, 4) is 5.75 Å². The first kappa shape index (κ1) is 37.9. The molecule has 0 saturated carbocycles. The maximum atomic E-state index is 13.1. The Labute approximate surface area is 295 Å². The van der Waals surface area contributed by atoms with Crippen molar-refractivity contribution in [3.63, 3.8) is 0 Å². The average molecular weight is 725 g/mol. The maximum Gasteiger partial charge on any atom is 0.534 e. The van der Waals surface area contributed by atoms with Gasteiger partial charge in [-0.2, -0.15) is 21.6 Å². The van der Waals surface area contributed by atoms with Crippen LogP contribution in [0, 0.1) is 6.92 Å². The van der Waals surface area contributed by atoms with E-state index in [0.29, 0.717) is 17.4 Å². The minimum absolute atomic E-state index is 0.0896. The fraction of sp³-hybridized carbons (Fsp3) is 0.324. The highest BCUT2D eigenvalue weighted by Crippen LogP contribution is 2.37. The van der Waals surface area contributed by atoms with Gasteiger partial charge in [-0.25, -0.2) is 4.79 Å². The molecule has 269 valence electrons. The van der Waals surface area contributed by atoms with E-state index in [1.54, 1.807) is 25.1 Å². The molecule has 1 aliphatic rings. The first-order chi connectivity index (χ1) is 24.0. The van der Waals surface area contributed by atoms with Crippen LogP contribution in [0.3, 0.4) is 0 Å². The Kier molecular flexibility index (Phi) is 11.2. The highest BCUT2D eigenvalue weighted by Gasteiger charge is 2.49. The molecule has 14 heteroatoms. The third kappa shape index (κ3) is 8.41. The number of nitrogens with one attached hydrogen (secondary N) is 1. The van der Waals surface area contributed by atoms with E-state index in [-0.39, 0.29) is 23.9 Å². The van der Waals surface area contributed by atoms with Crippen LogP contribution in [0.4, 0.5) is 13.2 Å². The lowest BCUT2D eigenvalue weighted by Crippen LogP contribution is -2.45. The number of aliphatic hydroxyl groups is 1. The molecule has 0 amide bonds. The number of halogens is 3. The quantitative estimate of drug-likeness (QED) is 0.0753. The Balaban J connectivity index is 1.34. The molecule has 4 aromatic carbocycles. The molecule has 1 heterocycles. The lowest BCUT2D eigenvalue weighted by atomic mass is 9.81. The number of hydrogen-bond donors (Lipinski definition) is 2. The summed E-state index contributed by atoms with van der Waals surface area (Å²) >= 11 is 0. The van der Waals surface area contributed by atoms with Gasteiger partial charge in [-0.1, -0.05) is 72.2 Å². The first-order valence-electron chi connectivity index (χ1n) is 16.1. The Morgan fingerprint density at radius 3 is 2.43 bits per heavy atom.